The summed E-state index contributed by atoms with van der Waals surface area (Å²) in [6.07, 6.45) is 4.56. The van der Waals surface area contributed by atoms with E-state index in [1.54, 1.807) is 12.1 Å². The van der Waals surface area contributed by atoms with Gasteiger partial charge in [-0.05, 0) is 61.3 Å². The number of benzene rings is 2. The third kappa shape index (κ3) is 3.74. The van der Waals surface area contributed by atoms with Crippen LogP contribution in [0, 0.1) is 17.7 Å². The molecule has 2 amide bonds. The van der Waals surface area contributed by atoms with Gasteiger partial charge in [-0.25, -0.2) is 4.39 Å². The molecule has 2 heterocycles. The fourth-order valence-electron chi connectivity index (χ4n) is 5.01. The highest BCUT2D eigenvalue weighted by atomic mass is 35.5. The van der Waals surface area contributed by atoms with Gasteiger partial charge in [0.2, 0.25) is 5.91 Å². The molecule has 6 rings (SSSR count). The van der Waals surface area contributed by atoms with Crippen molar-refractivity contribution in [3.63, 3.8) is 0 Å². The lowest BCUT2D eigenvalue weighted by Gasteiger charge is -2.23. The second-order valence-corrected chi connectivity index (χ2v) is 10.2. The molecule has 0 aromatic heterocycles. The summed E-state index contributed by atoms with van der Waals surface area (Å²) in [6.45, 7) is 2.11. The quantitative estimate of drug-likeness (QED) is 0.651. The minimum atomic E-state index is -0.569. The number of carbonyl (C=O) groups excluding carboxylic acids is 2. The first-order chi connectivity index (χ1) is 15.9. The third-order valence-corrected chi connectivity index (χ3v) is 7.59. The lowest BCUT2D eigenvalue weighted by atomic mass is 10.0. The fourth-order valence-corrected chi connectivity index (χ4v) is 5.19. The smallest absolute Gasteiger partial charge is 0.256 e. The van der Waals surface area contributed by atoms with Crippen LogP contribution in [0.2, 0.25) is 5.02 Å². The predicted molar refractivity (Wildman–Crippen MR) is 124 cm³/mol. The average molecular weight is 466 g/mol. The molecule has 33 heavy (non-hydrogen) atoms. The Labute approximate surface area is 197 Å². The summed E-state index contributed by atoms with van der Waals surface area (Å²) in [4.78, 5) is 34.4. The highest BCUT2D eigenvalue weighted by Gasteiger charge is 2.57. The molecule has 170 valence electrons. The Balaban J connectivity index is 1.21. The van der Waals surface area contributed by atoms with Gasteiger partial charge in [0.1, 0.15) is 17.2 Å². The largest absolute Gasteiger partial charge is 0.342 e. The zero-order valence-corrected chi connectivity index (χ0v) is 19.0. The monoisotopic (exact) mass is 465 g/mol. The van der Waals surface area contributed by atoms with Gasteiger partial charge in [-0.2, -0.15) is 0 Å². The van der Waals surface area contributed by atoms with Crippen LogP contribution < -0.4 is 0 Å². The van der Waals surface area contributed by atoms with Gasteiger partial charge in [-0.1, -0.05) is 41.9 Å². The second-order valence-electron chi connectivity index (χ2n) is 9.80. The molecule has 1 spiro atoms. The Morgan fingerprint density at radius 3 is 2.42 bits per heavy atom. The molecule has 0 bridgehead atoms. The molecule has 5 nitrogen and oxygen atoms in total. The molecule has 0 unspecified atom stereocenters. The second kappa shape index (κ2) is 7.66. The number of halogens is 2. The number of likely N-dealkylation sites (tertiary alicyclic amines) is 1. The van der Waals surface area contributed by atoms with Crippen LogP contribution in [-0.4, -0.2) is 52.6 Å². The molecule has 2 aliphatic heterocycles. The van der Waals surface area contributed by atoms with Crippen LogP contribution in [0.5, 0.6) is 0 Å². The highest BCUT2D eigenvalue weighted by Crippen LogP contribution is 2.46. The van der Waals surface area contributed by atoms with E-state index in [1.165, 1.54) is 6.07 Å². The first-order valence-corrected chi connectivity index (χ1v) is 12.1. The van der Waals surface area contributed by atoms with Crippen LogP contribution in [0.3, 0.4) is 0 Å². The molecule has 1 atom stereocenters. The molecule has 2 aliphatic carbocycles. The van der Waals surface area contributed by atoms with Gasteiger partial charge in [0.25, 0.3) is 5.91 Å². The van der Waals surface area contributed by atoms with E-state index in [0.29, 0.717) is 6.54 Å². The molecular formula is C26H25ClFN3O2. The van der Waals surface area contributed by atoms with Gasteiger partial charge >= 0.3 is 0 Å². The lowest BCUT2D eigenvalue weighted by molar-refractivity contribution is -0.131. The Hall–Kier alpha value is -2.73. The molecule has 4 aliphatic rings. The zero-order valence-electron chi connectivity index (χ0n) is 18.3. The van der Waals surface area contributed by atoms with Crippen molar-refractivity contribution in [1.29, 1.82) is 0 Å². The molecule has 7 heteroatoms. The van der Waals surface area contributed by atoms with Crippen LogP contribution in [0.25, 0.3) is 11.1 Å². The Bertz CT molecular complexity index is 1170. The van der Waals surface area contributed by atoms with Crippen molar-refractivity contribution < 1.29 is 14.0 Å². The Morgan fingerprint density at radius 2 is 1.76 bits per heavy atom. The first-order valence-electron chi connectivity index (χ1n) is 11.7. The molecule has 2 aromatic carbocycles. The van der Waals surface area contributed by atoms with E-state index in [0.717, 1.165) is 67.7 Å². The zero-order chi connectivity index (χ0) is 22.7. The number of hydrogen-bond acceptors (Lipinski definition) is 3. The van der Waals surface area contributed by atoms with Gasteiger partial charge in [0.05, 0.1) is 5.02 Å². The number of aliphatic imine (C=N–C) groups is 1. The maximum Gasteiger partial charge on any atom is 0.256 e. The minimum Gasteiger partial charge on any atom is -0.342 e. The van der Waals surface area contributed by atoms with E-state index >= 15 is 0 Å². The number of amides is 2. The standard InChI is InChI=1S/C26H25ClFN3O2/c27-21-13-20(7-8-22(21)28)17-1-3-18(4-2-17)23-29-26(10-11-26)25(33)31(23)15-16-9-12-30(14-16)24(32)19-5-6-19/h1-4,7-8,13,16,19H,5-6,9-12,14-15H2/t16-/m1/s1. The van der Waals surface area contributed by atoms with E-state index in [-0.39, 0.29) is 28.7 Å². The SMILES string of the molecule is O=C(C1CC1)N1CC[C@@H](CN2C(=O)C3(CC3)N=C2c2ccc(-c3ccc(F)c(Cl)c3)cc2)C1. The van der Waals surface area contributed by atoms with Crippen LogP contribution in [0.4, 0.5) is 4.39 Å². The summed E-state index contributed by atoms with van der Waals surface area (Å²) in [7, 11) is 0. The van der Waals surface area contributed by atoms with Crippen molar-refractivity contribution in [3.8, 4) is 11.1 Å². The Kier molecular flexibility index (Phi) is 4.84. The van der Waals surface area contributed by atoms with Crippen molar-refractivity contribution in [3.05, 3.63) is 58.9 Å². The highest BCUT2D eigenvalue weighted by molar-refractivity contribution is 6.31. The first kappa shape index (κ1) is 20.8. The molecule has 2 aromatic rings. The van der Waals surface area contributed by atoms with Gasteiger partial charge < -0.3 is 4.90 Å². The lowest BCUT2D eigenvalue weighted by Crippen LogP contribution is -2.40. The van der Waals surface area contributed by atoms with Crippen molar-refractivity contribution in [2.45, 2.75) is 37.6 Å². The minimum absolute atomic E-state index is 0.0926. The number of carbonyl (C=O) groups is 2. The summed E-state index contributed by atoms with van der Waals surface area (Å²) in [5.41, 5.74) is 2.08. The van der Waals surface area contributed by atoms with Crippen LogP contribution in [-0.2, 0) is 9.59 Å². The van der Waals surface area contributed by atoms with Crippen molar-refractivity contribution >= 4 is 29.3 Å². The third-order valence-electron chi connectivity index (χ3n) is 7.30. The van der Waals surface area contributed by atoms with Gasteiger partial charge in [0.15, 0.2) is 0 Å². The van der Waals surface area contributed by atoms with Crippen molar-refractivity contribution in [2.75, 3.05) is 19.6 Å². The molecule has 1 saturated heterocycles. The maximum absolute atomic E-state index is 13.5. The van der Waals surface area contributed by atoms with Crippen molar-refractivity contribution in [1.82, 2.24) is 9.80 Å². The van der Waals surface area contributed by atoms with Crippen molar-refractivity contribution in [2.24, 2.45) is 16.8 Å². The summed E-state index contributed by atoms with van der Waals surface area (Å²) >= 11 is 5.94. The number of nitrogens with zero attached hydrogens (tertiary/aromatic N) is 3. The summed E-state index contributed by atoms with van der Waals surface area (Å²) in [6, 6.07) is 12.5. The molecule has 2 saturated carbocycles. The molecular weight excluding hydrogens is 441 g/mol. The van der Waals surface area contributed by atoms with E-state index in [1.807, 2.05) is 34.1 Å². The molecule has 0 N–H and O–H groups in total. The van der Waals surface area contributed by atoms with Gasteiger partial charge in [-0.3, -0.25) is 19.5 Å². The number of amidine groups is 1. The average Bonchev–Trinajstić information content (AvgIpc) is 3.74. The van der Waals surface area contributed by atoms with Crippen LogP contribution >= 0.6 is 11.6 Å². The topological polar surface area (TPSA) is 53.0 Å². The normalized spacial score (nSPS) is 23.4. The summed E-state index contributed by atoms with van der Waals surface area (Å²) in [5.74, 6) is 1.18. The number of hydrogen-bond donors (Lipinski definition) is 0. The predicted octanol–water partition coefficient (Wildman–Crippen LogP) is 4.53. The van der Waals surface area contributed by atoms with E-state index in [2.05, 4.69) is 0 Å². The Morgan fingerprint density at radius 1 is 1.06 bits per heavy atom. The molecule has 3 fully saturated rings. The van der Waals surface area contributed by atoms with Crippen LogP contribution in [0.1, 0.15) is 37.7 Å². The van der Waals surface area contributed by atoms with Crippen LogP contribution in [0.15, 0.2) is 47.5 Å². The fraction of sp³-hybridized carbons (Fsp3) is 0.423. The van der Waals surface area contributed by atoms with Gasteiger partial charge in [0, 0.05) is 31.1 Å². The maximum atomic E-state index is 13.5. The van der Waals surface area contributed by atoms with E-state index in [9.17, 15) is 14.0 Å². The number of rotatable bonds is 5. The summed E-state index contributed by atoms with van der Waals surface area (Å²) in [5, 5.41) is 0.0926. The van der Waals surface area contributed by atoms with Gasteiger partial charge in [-0.15, -0.1) is 0 Å². The molecule has 0 radical (unpaired) electrons. The van der Waals surface area contributed by atoms with E-state index < -0.39 is 11.4 Å². The van der Waals surface area contributed by atoms with E-state index in [4.69, 9.17) is 16.6 Å². The summed E-state index contributed by atoms with van der Waals surface area (Å²) < 4.78 is 13.5.